The molecule has 5 atom stereocenters. The molecule has 0 spiro atoms. The van der Waals surface area contributed by atoms with Gasteiger partial charge in [-0.25, -0.2) is 4.79 Å². The molecule has 2 bridgehead atoms. The Morgan fingerprint density at radius 2 is 1.65 bits per heavy atom. The number of urea groups is 1. The molecule has 6 nitrogen and oxygen atoms in total. The number of hydrogen-bond acceptors (Lipinski definition) is 3. The average Bonchev–Trinajstić information content (AvgIpc) is 2.91. The van der Waals surface area contributed by atoms with Gasteiger partial charge in [0.1, 0.15) is 6.17 Å². The largest absolute Gasteiger partial charge is 0.320 e. The molecule has 136 valence electrons. The lowest BCUT2D eigenvalue weighted by Crippen LogP contribution is -2.50. The highest BCUT2D eigenvalue weighted by Gasteiger charge is 2.57. The molecule has 0 unspecified atom stereocenters. The zero-order valence-electron chi connectivity index (χ0n) is 14.9. The van der Waals surface area contributed by atoms with Gasteiger partial charge >= 0.3 is 6.03 Å². The number of benzene rings is 1. The third-order valence-corrected chi connectivity index (χ3v) is 5.91. The molecule has 4 amide bonds. The van der Waals surface area contributed by atoms with Crippen LogP contribution in [0.1, 0.15) is 25.3 Å². The maximum absolute atomic E-state index is 12.9. The Morgan fingerprint density at radius 1 is 1.08 bits per heavy atom. The number of carbonyl (C=O) groups excluding carboxylic acids is 3. The lowest BCUT2D eigenvalue weighted by atomic mass is 9.63. The van der Waals surface area contributed by atoms with Crippen molar-refractivity contribution >= 4 is 23.5 Å². The molecule has 1 aromatic carbocycles. The highest BCUT2D eigenvalue weighted by molar-refractivity contribution is 6.06. The van der Waals surface area contributed by atoms with E-state index in [-0.39, 0.29) is 35.5 Å². The SMILES string of the molecule is Cc1ccccc1NC(=O)N[C@H](C)N1C(=O)[C@H]2[C@H](C1=O)[C@H]1C=C[C@H]2CC1. The number of allylic oxidation sites excluding steroid dienone is 2. The summed E-state index contributed by atoms with van der Waals surface area (Å²) in [5, 5.41) is 5.51. The predicted molar refractivity (Wildman–Crippen MR) is 97.0 cm³/mol. The minimum absolute atomic E-state index is 0.150. The fourth-order valence-electron chi connectivity index (χ4n) is 4.60. The number of likely N-dealkylation sites (tertiary alicyclic amines) is 1. The van der Waals surface area contributed by atoms with Gasteiger partial charge in [-0.05, 0) is 50.2 Å². The van der Waals surface area contributed by atoms with Gasteiger partial charge in [0.25, 0.3) is 0 Å². The molecule has 1 saturated heterocycles. The van der Waals surface area contributed by atoms with Gasteiger partial charge in [-0.2, -0.15) is 0 Å². The standard InChI is InChI=1S/C20H23N3O3/c1-11-5-3-4-6-15(11)22-20(26)21-12(2)23-18(24)16-13-7-8-14(10-9-13)17(16)19(23)25/h3-8,12-14,16-17H,9-10H2,1-2H3,(H2,21,22,26)/t12-,13-,14-,16+,17+/m0/s1. The monoisotopic (exact) mass is 353 g/mol. The molecule has 1 aliphatic heterocycles. The number of amides is 4. The Balaban J connectivity index is 1.46. The average molecular weight is 353 g/mol. The minimum Gasteiger partial charge on any atom is -0.317 e. The normalized spacial score (nSPS) is 30.3. The third kappa shape index (κ3) is 2.60. The van der Waals surface area contributed by atoms with Crippen LogP contribution in [-0.4, -0.2) is 28.9 Å². The second kappa shape index (κ2) is 6.27. The smallest absolute Gasteiger partial charge is 0.317 e. The number of fused-ring (bicyclic) bond motifs is 1. The van der Waals surface area contributed by atoms with E-state index in [0.717, 1.165) is 18.4 Å². The van der Waals surface area contributed by atoms with Crippen molar-refractivity contribution < 1.29 is 14.4 Å². The molecule has 2 fully saturated rings. The first-order valence-electron chi connectivity index (χ1n) is 9.16. The van der Waals surface area contributed by atoms with Crippen LogP contribution >= 0.6 is 0 Å². The summed E-state index contributed by atoms with van der Waals surface area (Å²) in [5.74, 6) is -0.505. The molecular weight excluding hydrogens is 330 g/mol. The van der Waals surface area contributed by atoms with Gasteiger partial charge in [0.2, 0.25) is 11.8 Å². The molecular formula is C20H23N3O3. The zero-order valence-corrected chi connectivity index (χ0v) is 14.9. The van der Waals surface area contributed by atoms with Crippen molar-refractivity contribution in [1.29, 1.82) is 0 Å². The van der Waals surface area contributed by atoms with Crippen LogP contribution in [0.3, 0.4) is 0 Å². The van der Waals surface area contributed by atoms with E-state index in [1.54, 1.807) is 6.92 Å². The van der Waals surface area contributed by atoms with Gasteiger partial charge < -0.3 is 10.6 Å². The number of rotatable bonds is 3. The molecule has 26 heavy (non-hydrogen) atoms. The maximum atomic E-state index is 12.9. The van der Waals surface area contributed by atoms with Crippen molar-refractivity contribution in [1.82, 2.24) is 10.2 Å². The van der Waals surface area contributed by atoms with Crippen molar-refractivity contribution in [2.24, 2.45) is 23.7 Å². The first-order chi connectivity index (χ1) is 12.5. The number of aryl methyl sites for hydroxylation is 1. The Hall–Kier alpha value is -2.63. The van der Waals surface area contributed by atoms with E-state index in [2.05, 4.69) is 22.8 Å². The van der Waals surface area contributed by atoms with Gasteiger partial charge in [-0.15, -0.1) is 0 Å². The van der Waals surface area contributed by atoms with Crippen LogP contribution in [-0.2, 0) is 9.59 Å². The van der Waals surface area contributed by atoms with Crippen LogP contribution in [0.2, 0.25) is 0 Å². The molecule has 2 N–H and O–H groups in total. The van der Waals surface area contributed by atoms with E-state index < -0.39 is 12.2 Å². The van der Waals surface area contributed by atoms with E-state index in [1.165, 1.54) is 4.90 Å². The molecule has 3 aliphatic carbocycles. The van der Waals surface area contributed by atoms with E-state index in [4.69, 9.17) is 0 Å². The number of para-hydroxylation sites is 1. The van der Waals surface area contributed by atoms with E-state index in [0.29, 0.717) is 5.69 Å². The number of carbonyl (C=O) groups is 3. The minimum atomic E-state index is -0.677. The van der Waals surface area contributed by atoms with Crippen molar-refractivity contribution in [3.8, 4) is 0 Å². The quantitative estimate of drug-likeness (QED) is 0.648. The second-order valence-corrected chi connectivity index (χ2v) is 7.48. The van der Waals surface area contributed by atoms with Gasteiger partial charge in [0.05, 0.1) is 11.8 Å². The Morgan fingerprint density at radius 3 is 2.19 bits per heavy atom. The van der Waals surface area contributed by atoms with Crippen molar-refractivity contribution in [3.05, 3.63) is 42.0 Å². The van der Waals surface area contributed by atoms with Crippen molar-refractivity contribution in [3.63, 3.8) is 0 Å². The molecule has 1 aromatic rings. The fraction of sp³-hybridized carbons (Fsp3) is 0.450. The molecule has 1 heterocycles. The Kier molecular flexibility index (Phi) is 4.05. The Labute approximate surface area is 152 Å². The summed E-state index contributed by atoms with van der Waals surface area (Å²) in [5.41, 5.74) is 1.64. The van der Waals surface area contributed by atoms with E-state index in [9.17, 15) is 14.4 Å². The van der Waals surface area contributed by atoms with Crippen LogP contribution in [0.5, 0.6) is 0 Å². The van der Waals surface area contributed by atoms with Crippen molar-refractivity contribution in [2.75, 3.05) is 5.32 Å². The summed E-state index contributed by atoms with van der Waals surface area (Å²) in [6.07, 6.45) is 5.43. The summed E-state index contributed by atoms with van der Waals surface area (Å²) in [4.78, 5) is 39.3. The summed E-state index contributed by atoms with van der Waals surface area (Å²) >= 11 is 0. The highest BCUT2D eigenvalue weighted by atomic mass is 16.2. The summed E-state index contributed by atoms with van der Waals surface area (Å²) in [6, 6.07) is 7.02. The number of hydrogen-bond donors (Lipinski definition) is 2. The van der Waals surface area contributed by atoms with Gasteiger partial charge in [0, 0.05) is 5.69 Å². The lowest BCUT2D eigenvalue weighted by Gasteiger charge is -2.38. The van der Waals surface area contributed by atoms with E-state index in [1.807, 2.05) is 31.2 Å². The molecule has 0 aromatic heterocycles. The molecule has 1 saturated carbocycles. The second-order valence-electron chi connectivity index (χ2n) is 7.48. The number of nitrogens with one attached hydrogen (secondary N) is 2. The van der Waals surface area contributed by atoms with E-state index >= 15 is 0 Å². The van der Waals surface area contributed by atoms with Crippen LogP contribution < -0.4 is 10.6 Å². The summed E-state index contributed by atoms with van der Waals surface area (Å²) < 4.78 is 0. The van der Waals surface area contributed by atoms with Crippen LogP contribution in [0.4, 0.5) is 10.5 Å². The maximum Gasteiger partial charge on any atom is 0.320 e. The molecule has 6 heteroatoms. The summed E-state index contributed by atoms with van der Waals surface area (Å²) in [7, 11) is 0. The van der Waals surface area contributed by atoms with Gasteiger partial charge in [0.15, 0.2) is 0 Å². The number of imide groups is 1. The Bertz CT molecular complexity index is 771. The fourth-order valence-corrected chi connectivity index (χ4v) is 4.60. The number of nitrogens with zero attached hydrogens (tertiary/aromatic N) is 1. The molecule has 4 aliphatic rings. The van der Waals surface area contributed by atoms with Crippen LogP contribution in [0.25, 0.3) is 0 Å². The van der Waals surface area contributed by atoms with Crippen molar-refractivity contribution in [2.45, 2.75) is 32.9 Å². The topological polar surface area (TPSA) is 78.5 Å². The third-order valence-electron chi connectivity index (χ3n) is 5.91. The first-order valence-corrected chi connectivity index (χ1v) is 9.16. The van der Waals surface area contributed by atoms with Gasteiger partial charge in [-0.1, -0.05) is 30.4 Å². The summed E-state index contributed by atoms with van der Waals surface area (Å²) in [6.45, 7) is 3.58. The lowest BCUT2D eigenvalue weighted by molar-refractivity contribution is -0.142. The number of anilines is 1. The highest BCUT2D eigenvalue weighted by Crippen LogP contribution is 2.49. The molecule has 0 radical (unpaired) electrons. The van der Waals surface area contributed by atoms with Gasteiger partial charge in [-0.3, -0.25) is 14.5 Å². The van der Waals surface area contributed by atoms with Crippen LogP contribution in [0.15, 0.2) is 36.4 Å². The zero-order chi connectivity index (χ0) is 18.4. The predicted octanol–water partition coefficient (Wildman–Crippen LogP) is 2.66. The van der Waals surface area contributed by atoms with Crippen LogP contribution in [0, 0.1) is 30.6 Å². The first kappa shape index (κ1) is 16.8. The molecule has 5 rings (SSSR count).